The highest BCUT2D eigenvalue weighted by Crippen LogP contribution is 2.25. The van der Waals surface area contributed by atoms with Crippen molar-refractivity contribution < 1.29 is 17.6 Å². The van der Waals surface area contributed by atoms with Gasteiger partial charge in [-0.2, -0.15) is 4.31 Å². The fraction of sp³-hybridized carbons (Fsp3) is 0.462. The third kappa shape index (κ3) is 3.83. The molecule has 1 N–H and O–H groups in total. The third-order valence-corrected chi connectivity index (χ3v) is 6.19. The van der Waals surface area contributed by atoms with Gasteiger partial charge in [0.1, 0.15) is 5.82 Å². The highest BCUT2D eigenvalue weighted by atomic mass is 79.9. The van der Waals surface area contributed by atoms with E-state index < -0.39 is 15.8 Å². The van der Waals surface area contributed by atoms with Crippen LogP contribution in [0.15, 0.2) is 27.6 Å². The molecule has 22 heavy (non-hydrogen) atoms. The van der Waals surface area contributed by atoms with Gasteiger partial charge in [-0.25, -0.2) is 12.8 Å². The summed E-state index contributed by atoms with van der Waals surface area (Å²) in [6.45, 7) is 2.28. The normalized spacial score (nSPS) is 16.1. The van der Waals surface area contributed by atoms with Gasteiger partial charge in [-0.3, -0.25) is 4.79 Å². The maximum atomic E-state index is 13.1. The number of likely N-dealkylation sites (N-methyl/N-ethyl adjacent to an activating group) is 1. The predicted molar refractivity (Wildman–Crippen MR) is 83.4 cm³/mol. The molecule has 122 valence electrons. The van der Waals surface area contributed by atoms with Crippen molar-refractivity contribution in [1.29, 1.82) is 0 Å². The summed E-state index contributed by atoms with van der Waals surface area (Å²) < 4.78 is 39.1. The quantitative estimate of drug-likeness (QED) is 0.814. The summed E-state index contributed by atoms with van der Waals surface area (Å²) in [6.07, 6.45) is 0. The van der Waals surface area contributed by atoms with E-state index >= 15 is 0 Å². The molecular formula is C13H17BrFN3O3S. The van der Waals surface area contributed by atoms with Crippen LogP contribution >= 0.6 is 15.9 Å². The summed E-state index contributed by atoms with van der Waals surface area (Å²) in [6, 6.07) is 3.34. The minimum Gasteiger partial charge on any atom is -0.339 e. The zero-order valence-electron chi connectivity index (χ0n) is 12.1. The van der Waals surface area contributed by atoms with Crippen molar-refractivity contribution in [3.8, 4) is 0 Å². The second kappa shape index (κ2) is 7.03. The van der Waals surface area contributed by atoms with Crippen molar-refractivity contribution in [3.05, 3.63) is 28.5 Å². The van der Waals surface area contributed by atoms with Crippen molar-refractivity contribution in [2.45, 2.75) is 4.90 Å². The fourth-order valence-electron chi connectivity index (χ4n) is 2.14. The lowest BCUT2D eigenvalue weighted by Gasteiger charge is -2.29. The number of amides is 1. The van der Waals surface area contributed by atoms with Gasteiger partial charge in [0, 0.05) is 37.7 Å². The number of sulfonamides is 1. The van der Waals surface area contributed by atoms with Crippen molar-refractivity contribution >= 4 is 31.9 Å². The van der Waals surface area contributed by atoms with Gasteiger partial charge in [-0.1, -0.05) is 0 Å². The molecule has 2 rings (SSSR count). The average Bonchev–Trinajstić information content (AvgIpc) is 2.47. The minimum atomic E-state index is -3.86. The van der Waals surface area contributed by atoms with Crippen LogP contribution in [-0.4, -0.2) is 63.3 Å². The van der Waals surface area contributed by atoms with Gasteiger partial charge in [-0.15, -0.1) is 0 Å². The van der Waals surface area contributed by atoms with E-state index in [1.54, 1.807) is 4.90 Å². The predicted octanol–water partition coefficient (Wildman–Crippen LogP) is 0.641. The Labute approximate surface area is 137 Å². The Kier molecular flexibility index (Phi) is 5.54. The Morgan fingerprint density at radius 1 is 1.41 bits per heavy atom. The van der Waals surface area contributed by atoms with Gasteiger partial charge in [-0.05, 0) is 34.1 Å². The zero-order valence-corrected chi connectivity index (χ0v) is 14.5. The summed E-state index contributed by atoms with van der Waals surface area (Å²) >= 11 is 3.04. The summed E-state index contributed by atoms with van der Waals surface area (Å²) in [5, 5.41) is 3.12. The molecule has 1 heterocycles. The van der Waals surface area contributed by atoms with Gasteiger partial charge in [0.15, 0.2) is 0 Å². The zero-order chi connectivity index (χ0) is 16.3. The molecule has 0 aromatic heterocycles. The van der Waals surface area contributed by atoms with E-state index in [2.05, 4.69) is 21.2 Å². The van der Waals surface area contributed by atoms with Crippen LogP contribution in [0, 0.1) is 5.82 Å². The topological polar surface area (TPSA) is 69.7 Å². The van der Waals surface area contributed by atoms with Gasteiger partial charge in [0.2, 0.25) is 15.9 Å². The molecule has 6 nitrogen and oxygen atoms in total. The molecule has 1 aliphatic rings. The number of hydrogen-bond donors (Lipinski definition) is 1. The molecule has 0 unspecified atom stereocenters. The molecule has 1 aliphatic heterocycles. The number of carbonyl (C=O) groups excluding carboxylic acids is 1. The Morgan fingerprint density at radius 2 is 2.05 bits per heavy atom. The lowest BCUT2D eigenvalue weighted by Crippen LogP contribution is -2.49. The number of rotatable bonds is 4. The molecule has 1 saturated heterocycles. The second-order valence-corrected chi connectivity index (χ2v) is 7.83. The monoisotopic (exact) mass is 393 g/mol. The molecular weight excluding hydrogens is 377 g/mol. The number of hydrogen-bond acceptors (Lipinski definition) is 4. The Balaban J connectivity index is 2.13. The van der Waals surface area contributed by atoms with Gasteiger partial charge in [0.05, 0.1) is 11.4 Å². The molecule has 1 fully saturated rings. The van der Waals surface area contributed by atoms with E-state index in [1.807, 2.05) is 0 Å². The molecule has 1 amide bonds. The molecule has 0 aliphatic carbocycles. The first kappa shape index (κ1) is 17.3. The van der Waals surface area contributed by atoms with Crippen LogP contribution < -0.4 is 5.32 Å². The summed E-state index contributed by atoms with van der Waals surface area (Å²) in [4.78, 5) is 13.7. The van der Waals surface area contributed by atoms with Crippen molar-refractivity contribution in [3.63, 3.8) is 0 Å². The largest absolute Gasteiger partial charge is 0.339 e. The van der Waals surface area contributed by atoms with Crippen LogP contribution in [0.1, 0.15) is 0 Å². The van der Waals surface area contributed by atoms with Crippen LogP contribution in [0.5, 0.6) is 0 Å². The standard InChI is InChI=1S/C13H17BrFN3O3S/c1-17(9-13(19)18-6-4-16-5-7-18)22(20,21)12-3-2-10(15)8-11(12)14/h2-3,8,16H,4-7,9H2,1H3. The van der Waals surface area contributed by atoms with Crippen LogP contribution in [0.3, 0.4) is 0 Å². The molecule has 0 spiro atoms. The molecule has 0 bridgehead atoms. The number of benzene rings is 1. The second-order valence-electron chi connectivity index (χ2n) is 4.97. The van der Waals surface area contributed by atoms with E-state index in [0.29, 0.717) is 26.2 Å². The minimum absolute atomic E-state index is 0.0653. The maximum Gasteiger partial charge on any atom is 0.244 e. The molecule has 0 saturated carbocycles. The average molecular weight is 394 g/mol. The third-order valence-electron chi connectivity index (χ3n) is 3.41. The van der Waals surface area contributed by atoms with Gasteiger partial charge < -0.3 is 10.2 Å². The van der Waals surface area contributed by atoms with E-state index in [-0.39, 0.29) is 21.8 Å². The molecule has 0 radical (unpaired) electrons. The number of nitrogens with zero attached hydrogens (tertiary/aromatic N) is 2. The summed E-state index contributed by atoms with van der Waals surface area (Å²) in [5.74, 6) is -0.781. The SMILES string of the molecule is CN(CC(=O)N1CCNCC1)S(=O)(=O)c1ccc(F)cc1Br. The number of halogens is 2. The van der Waals surface area contributed by atoms with Crippen molar-refractivity contribution in [2.24, 2.45) is 0 Å². The summed E-state index contributed by atoms with van der Waals surface area (Å²) in [5.41, 5.74) is 0. The Morgan fingerprint density at radius 3 is 2.64 bits per heavy atom. The first-order valence-corrected chi connectivity index (χ1v) is 8.95. The molecule has 0 atom stereocenters. The van der Waals surface area contributed by atoms with E-state index in [9.17, 15) is 17.6 Å². The number of piperazine rings is 1. The highest BCUT2D eigenvalue weighted by molar-refractivity contribution is 9.10. The van der Waals surface area contributed by atoms with Gasteiger partial charge >= 0.3 is 0 Å². The first-order chi connectivity index (χ1) is 10.3. The van der Waals surface area contributed by atoms with Crippen LogP contribution in [0.25, 0.3) is 0 Å². The van der Waals surface area contributed by atoms with Crippen LogP contribution in [-0.2, 0) is 14.8 Å². The van der Waals surface area contributed by atoms with Crippen molar-refractivity contribution in [2.75, 3.05) is 39.8 Å². The smallest absolute Gasteiger partial charge is 0.244 e. The number of carbonyl (C=O) groups is 1. The first-order valence-electron chi connectivity index (χ1n) is 6.72. The van der Waals surface area contributed by atoms with E-state index in [4.69, 9.17) is 0 Å². The number of nitrogens with one attached hydrogen (secondary N) is 1. The van der Waals surface area contributed by atoms with E-state index in [1.165, 1.54) is 13.1 Å². The van der Waals surface area contributed by atoms with Crippen LogP contribution in [0.2, 0.25) is 0 Å². The Hall–Kier alpha value is -1.03. The Bertz CT molecular complexity index is 662. The fourth-order valence-corrected chi connectivity index (χ4v) is 4.27. The molecule has 1 aromatic rings. The molecule has 1 aromatic carbocycles. The van der Waals surface area contributed by atoms with Crippen molar-refractivity contribution in [1.82, 2.24) is 14.5 Å². The summed E-state index contributed by atoms with van der Waals surface area (Å²) in [7, 11) is -2.52. The lowest BCUT2D eigenvalue weighted by molar-refractivity contribution is -0.131. The lowest BCUT2D eigenvalue weighted by atomic mass is 10.3. The van der Waals surface area contributed by atoms with Gasteiger partial charge in [0.25, 0.3) is 0 Å². The maximum absolute atomic E-state index is 13.1. The van der Waals surface area contributed by atoms with Crippen LogP contribution in [0.4, 0.5) is 4.39 Å². The highest BCUT2D eigenvalue weighted by Gasteiger charge is 2.27. The van der Waals surface area contributed by atoms with E-state index in [0.717, 1.165) is 16.4 Å². The molecule has 9 heteroatoms.